The largest absolute Gasteiger partial charge is 0.352 e. The Bertz CT molecular complexity index is 302. The van der Waals surface area contributed by atoms with Gasteiger partial charge in [-0.15, -0.1) is 0 Å². The van der Waals surface area contributed by atoms with Crippen molar-refractivity contribution in [1.82, 2.24) is 15.5 Å². The lowest BCUT2D eigenvalue weighted by Gasteiger charge is -2.36. The summed E-state index contributed by atoms with van der Waals surface area (Å²) in [6, 6.07) is 1.01. The summed E-state index contributed by atoms with van der Waals surface area (Å²) in [6.45, 7) is 7.42. The fourth-order valence-corrected chi connectivity index (χ4v) is 3.43. The van der Waals surface area contributed by atoms with Gasteiger partial charge in [-0.1, -0.05) is 19.8 Å². The molecule has 2 unspecified atom stereocenters. The van der Waals surface area contributed by atoms with Gasteiger partial charge in [0.15, 0.2) is 0 Å². The average Bonchev–Trinajstić information content (AvgIpc) is 2.97. The summed E-state index contributed by atoms with van der Waals surface area (Å²) in [5.74, 6) is 0.230. The molecule has 2 aliphatic rings. The molecule has 2 rings (SSSR count). The molecule has 4 heteroatoms. The van der Waals surface area contributed by atoms with Crippen LogP contribution in [0, 0.1) is 0 Å². The van der Waals surface area contributed by atoms with Gasteiger partial charge in [0.25, 0.3) is 0 Å². The molecule has 1 saturated carbocycles. The van der Waals surface area contributed by atoms with E-state index in [0.717, 1.165) is 19.6 Å². The molecular weight excluding hydrogens is 250 g/mol. The molecule has 2 atom stereocenters. The maximum atomic E-state index is 12.3. The number of carbonyl (C=O) groups is 1. The Hall–Kier alpha value is -0.610. The van der Waals surface area contributed by atoms with Crippen molar-refractivity contribution in [2.24, 2.45) is 0 Å². The van der Waals surface area contributed by atoms with E-state index in [0.29, 0.717) is 12.1 Å². The summed E-state index contributed by atoms with van der Waals surface area (Å²) in [7, 11) is 0. The molecule has 0 spiro atoms. The summed E-state index contributed by atoms with van der Waals surface area (Å²) in [6.07, 6.45) is 8.49. The summed E-state index contributed by atoms with van der Waals surface area (Å²) in [4.78, 5) is 14.7. The van der Waals surface area contributed by atoms with E-state index in [1.807, 2.05) is 0 Å². The zero-order valence-corrected chi connectivity index (χ0v) is 13.2. The zero-order valence-electron chi connectivity index (χ0n) is 13.2. The number of nitrogens with zero attached hydrogens (tertiary/aromatic N) is 1. The topological polar surface area (TPSA) is 44.4 Å². The molecule has 2 N–H and O–H groups in total. The predicted octanol–water partition coefficient (Wildman–Crippen LogP) is 1.90. The zero-order chi connectivity index (χ0) is 14.4. The monoisotopic (exact) mass is 281 g/mol. The van der Waals surface area contributed by atoms with Crippen LogP contribution in [0.4, 0.5) is 0 Å². The lowest BCUT2D eigenvalue weighted by molar-refractivity contribution is -0.127. The van der Waals surface area contributed by atoms with E-state index >= 15 is 0 Å². The van der Waals surface area contributed by atoms with Crippen LogP contribution in [0.25, 0.3) is 0 Å². The second kappa shape index (κ2) is 7.99. The second-order valence-electron chi connectivity index (χ2n) is 6.45. The lowest BCUT2D eigenvalue weighted by Crippen LogP contribution is -2.54. The third-order valence-corrected chi connectivity index (χ3v) is 4.76. The molecule has 1 amide bonds. The summed E-state index contributed by atoms with van der Waals surface area (Å²) >= 11 is 0. The van der Waals surface area contributed by atoms with Gasteiger partial charge in [0.2, 0.25) is 5.91 Å². The van der Waals surface area contributed by atoms with Crippen molar-refractivity contribution in [3.63, 3.8) is 0 Å². The van der Waals surface area contributed by atoms with Crippen molar-refractivity contribution in [2.75, 3.05) is 19.6 Å². The third-order valence-electron chi connectivity index (χ3n) is 4.76. The van der Waals surface area contributed by atoms with Gasteiger partial charge in [0, 0.05) is 18.6 Å². The van der Waals surface area contributed by atoms with Crippen LogP contribution in [-0.4, -0.2) is 48.6 Å². The molecule has 0 aromatic heterocycles. The van der Waals surface area contributed by atoms with Crippen LogP contribution in [0.2, 0.25) is 0 Å². The minimum absolute atomic E-state index is 0.0156. The Labute approximate surface area is 123 Å². The number of nitrogens with one attached hydrogen (secondary N) is 2. The number of hydrogen-bond acceptors (Lipinski definition) is 3. The smallest absolute Gasteiger partial charge is 0.237 e. The van der Waals surface area contributed by atoms with Crippen molar-refractivity contribution < 1.29 is 4.79 Å². The molecule has 116 valence electrons. The lowest BCUT2D eigenvalue weighted by atomic mass is 10.0. The molecule has 1 heterocycles. The Kier molecular flexibility index (Phi) is 6.30. The van der Waals surface area contributed by atoms with Gasteiger partial charge in [-0.25, -0.2) is 0 Å². The number of hydrogen-bond donors (Lipinski definition) is 2. The Balaban J connectivity index is 1.77. The third kappa shape index (κ3) is 4.45. The normalized spacial score (nSPS) is 26.6. The van der Waals surface area contributed by atoms with Gasteiger partial charge in [0.1, 0.15) is 0 Å². The van der Waals surface area contributed by atoms with Crippen LogP contribution >= 0.6 is 0 Å². The summed E-state index contributed by atoms with van der Waals surface area (Å²) in [5.41, 5.74) is 0. The van der Waals surface area contributed by atoms with Crippen molar-refractivity contribution in [1.29, 1.82) is 0 Å². The number of likely N-dealkylation sites (tertiary alicyclic amines) is 1. The Morgan fingerprint density at radius 2 is 1.90 bits per heavy atom. The summed E-state index contributed by atoms with van der Waals surface area (Å²) in [5, 5.41) is 6.83. The first kappa shape index (κ1) is 15.8. The van der Waals surface area contributed by atoms with Gasteiger partial charge >= 0.3 is 0 Å². The predicted molar refractivity (Wildman–Crippen MR) is 82.7 cm³/mol. The first-order valence-electron chi connectivity index (χ1n) is 8.48. The maximum absolute atomic E-state index is 12.3. The van der Waals surface area contributed by atoms with E-state index in [1.165, 1.54) is 44.9 Å². The van der Waals surface area contributed by atoms with E-state index in [4.69, 9.17) is 0 Å². The van der Waals surface area contributed by atoms with Crippen molar-refractivity contribution in [3.05, 3.63) is 0 Å². The molecule has 20 heavy (non-hydrogen) atoms. The molecule has 0 radical (unpaired) electrons. The highest BCUT2D eigenvalue weighted by molar-refractivity contribution is 5.81. The maximum Gasteiger partial charge on any atom is 0.237 e. The second-order valence-corrected chi connectivity index (χ2v) is 6.45. The SMILES string of the molecule is CCCNC1CCCN(C(C)C(=O)NC2CCCC2)C1. The van der Waals surface area contributed by atoms with Crippen LogP contribution in [0.3, 0.4) is 0 Å². The molecule has 1 saturated heterocycles. The Morgan fingerprint density at radius 3 is 2.60 bits per heavy atom. The Morgan fingerprint density at radius 1 is 1.20 bits per heavy atom. The molecule has 4 nitrogen and oxygen atoms in total. The number of rotatable bonds is 6. The highest BCUT2D eigenvalue weighted by atomic mass is 16.2. The minimum atomic E-state index is 0.0156. The van der Waals surface area contributed by atoms with Crippen LogP contribution in [-0.2, 0) is 4.79 Å². The molecule has 2 fully saturated rings. The fourth-order valence-electron chi connectivity index (χ4n) is 3.43. The summed E-state index contributed by atoms with van der Waals surface area (Å²) < 4.78 is 0. The number of piperidine rings is 1. The molecule has 1 aliphatic carbocycles. The van der Waals surface area contributed by atoms with Gasteiger partial charge in [-0.3, -0.25) is 9.69 Å². The van der Waals surface area contributed by atoms with Gasteiger partial charge < -0.3 is 10.6 Å². The quantitative estimate of drug-likeness (QED) is 0.781. The molecule has 0 aromatic carbocycles. The van der Waals surface area contributed by atoms with E-state index in [-0.39, 0.29) is 11.9 Å². The van der Waals surface area contributed by atoms with E-state index in [2.05, 4.69) is 29.4 Å². The number of carbonyl (C=O) groups excluding carboxylic acids is 1. The van der Waals surface area contributed by atoms with Crippen LogP contribution in [0.1, 0.15) is 58.8 Å². The van der Waals surface area contributed by atoms with Crippen molar-refractivity contribution >= 4 is 5.91 Å². The van der Waals surface area contributed by atoms with Crippen LogP contribution in [0.5, 0.6) is 0 Å². The molecular formula is C16H31N3O. The fraction of sp³-hybridized carbons (Fsp3) is 0.938. The molecule has 0 aromatic rings. The first-order chi connectivity index (χ1) is 9.70. The average molecular weight is 281 g/mol. The van der Waals surface area contributed by atoms with Gasteiger partial charge in [-0.2, -0.15) is 0 Å². The molecule has 0 bridgehead atoms. The standard InChI is InChI=1S/C16H31N3O/c1-3-10-17-15-9-6-11-19(12-15)13(2)16(20)18-14-7-4-5-8-14/h13-15,17H,3-12H2,1-2H3,(H,18,20). The molecule has 1 aliphatic heterocycles. The highest BCUT2D eigenvalue weighted by Gasteiger charge is 2.28. The van der Waals surface area contributed by atoms with Gasteiger partial charge in [-0.05, 0) is 52.1 Å². The van der Waals surface area contributed by atoms with Crippen molar-refractivity contribution in [3.8, 4) is 0 Å². The van der Waals surface area contributed by atoms with Crippen molar-refractivity contribution in [2.45, 2.75) is 76.9 Å². The first-order valence-corrected chi connectivity index (χ1v) is 8.48. The van der Waals surface area contributed by atoms with E-state index in [1.54, 1.807) is 0 Å². The van der Waals surface area contributed by atoms with Crippen LogP contribution < -0.4 is 10.6 Å². The number of amides is 1. The van der Waals surface area contributed by atoms with E-state index in [9.17, 15) is 4.79 Å². The highest BCUT2D eigenvalue weighted by Crippen LogP contribution is 2.19. The minimum Gasteiger partial charge on any atom is -0.352 e. The van der Waals surface area contributed by atoms with E-state index < -0.39 is 0 Å². The van der Waals surface area contributed by atoms with Crippen LogP contribution in [0.15, 0.2) is 0 Å². The van der Waals surface area contributed by atoms with Gasteiger partial charge in [0.05, 0.1) is 6.04 Å².